The maximum absolute atomic E-state index is 12.1. The van der Waals surface area contributed by atoms with Crippen molar-refractivity contribution >= 4 is 21.8 Å². The number of carbonyl (C=O) groups excluding carboxylic acids is 1. The van der Waals surface area contributed by atoms with Gasteiger partial charge in [0.25, 0.3) is 0 Å². The molecular formula is C14H19BrN2O. The first kappa shape index (κ1) is 13.6. The van der Waals surface area contributed by atoms with Gasteiger partial charge in [0.2, 0.25) is 5.91 Å². The van der Waals surface area contributed by atoms with Crippen molar-refractivity contribution in [2.75, 3.05) is 0 Å². The SMILES string of the molecule is CC(C)(C)N1C(=O)CC(N)C1c1ccc(Br)cc1. The van der Waals surface area contributed by atoms with Gasteiger partial charge in [0.1, 0.15) is 0 Å². The fourth-order valence-electron chi connectivity index (χ4n) is 2.61. The van der Waals surface area contributed by atoms with E-state index in [1.165, 1.54) is 0 Å². The summed E-state index contributed by atoms with van der Waals surface area (Å²) < 4.78 is 1.03. The molecule has 0 radical (unpaired) electrons. The number of amides is 1. The first-order valence-corrected chi connectivity index (χ1v) is 6.93. The summed E-state index contributed by atoms with van der Waals surface area (Å²) in [4.78, 5) is 14.0. The van der Waals surface area contributed by atoms with Gasteiger partial charge in [0.15, 0.2) is 0 Å². The van der Waals surface area contributed by atoms with E-state index in [9.17, 15) is 4.79 Å². The molecule has 2 rings (SSSR count). The Kier molecular flexibility index (Phi) is 3.52. The van der Waals surface area contributed by atoms with Gasteiger partial charge in [-0.3, -0.25) is 4.79 Å². The third kappa shape index (κ3) is 2.45. The van der Waals surface area contributed by atoms with Crippen LogP contribution in [-0.4, -0.2) is 22.4 Å². The van der Waals surface area contributed by atoms with Crippen LogP contribution in [0.5, 0.6) is 0 Å². The number of hydrogen-bond acceptors (Lipinski definition) is 2. The van der Waals surface area contributed by atoms with E-state index in [-0.39, 0.29) is 23.5 Å². The van der Waals surface area contributed by atoms with Crippen molar-refractivity contribution in [1.82, 2.24) is 4.90 Å². The van der Waals surface area contributed by atoms with Crippen LogP contribution >= 0.6 is 15.9 Å². The topological polar surface area (TPSA) is 46.3 Å². The number of hydrogen-bond donors (Lipinski definition) is 1. The van der Waals surface area contributed by atoms with Crippen molar-refractivity contribution in [3.05, 3.63) is 34.3 Å². The normalized spacial score (nSPS) is 24.7. The largest absolute Gasteiger partial charge is 0.329 e. The molecule has 0 aromatic heterocycles. The average Bonchev–Trinajstić information content (AvgIpc) is 2.54. The molecule has 1 aromatic rings. The number of halogens is 1. The van der Waals surface area contributed by atoms with Crippen LogP contribution in [0.2, 0.25) is 0 Å². The van der Waals surface area contributed by atoms with Crippen LogP contribution in [-0.2, 0) is 4.79 Å². The Morgan fingerprint density at radius 2 is 1.83 bits per heavy atom. The van der Waals surface area contributed by atoms with Crippen LogP contribution in [0.1, 0.15) is 38.8 Å². The van der Waals surface area contributed by atoms with E-state index in [1.807, 2.05) is 29.2 Å². The monoisotopic (exact) mass is 310 g/mol. The van der Waals surface area contributed by atoms with Crippen molar-refractivity contribution in [2.24, 2.45) is 5.73 Å². The Hall–Kier alpha value is -0.870. The molecular weight excluding hydrogens is 292 g/mol. The molecule has 1 heterocycles. The molecule has 2 N–H and O–H groups in total. The quantitative estimate of drug-likeness (QED) is 0.867. The van der Waals surface area contributed by atoms with Gasteiger partial charge in [-0.15, -0.1) is 0 Å². The van der Waals surface area contributed by atoms with Gasteiger partial charge in [-0.05, 0) is 38.5 Å². The van der Waals surface area contributed by atoms with Crippen LogP contribution in [0.15, 0.2) is 28.7 Å². The average molecular weight is 311 g/mol. The van der Waals surface area contributed by atoms with E-state index in [1.54, 1.807) is 0 Å². The van der Waals surface area contributed by atoms with Gasteiger partial charge in [-0.1, -0.05) is 28.1 Å². The van der Waals surface area contributed by atoms with E-state index in [4.69, 9.17) is 5.73 Å². The molecule has 1 aromatic carbocycles. The maximum Gasteiger partial charge on any atom is 0.225 e. The number of rotatable bonds is 1. The van der Waals surface area contributed by atoms with Crippen LogP contribution < -0.4 is 5.73 Å². The molecule has 2 atom stereocenters. The summed E-state index contributed by atoms with van der Waals surface area (Å²) >= 11 is 3.42. The van der Waals surface area contributed by atoms with Crippen molar-refractivity contribution in [3.63, 3.8) is 0 Å². The highest BCUT2D eigenvalue weighted by atomic mass is 79.9. The standard InChI is InChI=1S/C14H19BrN2O/c1-14(2,3)17-12(18)8-11(16)13(17)9-4-6-10(15)7-5-9/h4-7,11,13H,8,16H2,1-3H3. The van der Waals surface area contributed by atoms with Crippen LogP contribution in [0, 0.1) is 0 Å². The second-order valence-electron chi connectivity index (χ2n) is 5.80. The summed E-state index contributed by atoms with van der Waals surface area (Å²) in [6, 6.07) is 7.90. The highest BCUT2D eigenvalue weighted by Crippen LogP contribution is 2.37. The smallest absolute Gasteiger partial charge is 0.225 e. The van der Waals surface area contributed by atoms with E-state index >= 15 is 0 Å². The lowest BCUT2D eigenvalue weighted by molar-refractivity contribution is -0.133. The van der Waals surface area contributed by atoms with E-state index in [0.717, 1.165) is 10.0 Å². The molecule has 3 nitrogen and oxygen atoms in total. The molecule has 1 amide bonds. The molecule has 4 heteroatoms. The molecule has 1 saturated heterocycles. The molecule has 1 aliphatic rings. The summed E-state index contributed by atoms with van der Waals surface area (Å²) in [5.41, 5.74) is 7.05. The fraction of sp³-hybridized carbons (Fsp3) is 0.500. The van der Waals surface area contributed by atoms with E-state index in [0.29, 0.717) is 6.42 Å². The third-order valence-electron chi connectivity index (χ3n) is 3.30. The molecule has 0 spiro atoms. The number of benzene rings is 1. The summed E-state index contributed by atoms with van der Waals surface area (Å²) in [5, 5.41) is 0. The van der Waals surface area contributed by atoms with Crippen LogP contribution in [0.4, 0.5) is 0 Å². The van der Waals surface area contributed by atoms with Crippen molar-refractivity contribution in [2.45, 2.75) is 44.8 Å². The third-order valence-corrected chi connectivity index (χ3v) is 3.83. The zero-order valence-corrected chi connectivity index (χ0v) is 12.6. The number of likely N-dealkylation sites (tertiary alicyclic amines) is 1. The summed E-state index contributed by atoms with van der Waals surface area (Å²) in [6.07, 6.45) is 0.429. The van der Waals surface area contributed by atoms with E-state index < -0.39 is 0 Å². The van der Waals surface area contributed by atoms with E-state index in [2.05, 4.69) is 36.7 Å². The lowest BCUT2D eigenvalue weighted by Gasteiger charge is -2.38. The van der Waals surface area contributed by atoms with Gasteiger partial charge in [-0.2, -0.15) is 0 Å². The molecule has 18 heavy (non-hydrogen) atoms. The highest BCUT2D eigenvalue weighted by molar-refractivity contribution is 9.10. The van der Waals surface area contributed by atoms with Crippen molar-refractivity contribution < 1.29 is 4.79 Å². The van der Waals surface area contributed by atoms with Gasteiger partial charge in [0, 0.05) is 22.5 Å². The maximum atomic E-state index is 12.1. The lowest BCUT2D eigenvalue weighted by Crippen LogP contribution is -2.45. The molecule has 1 fully saturated rings. The van der Waals surface area contributed by atoms with Gasteiger partial charge >= 0.3 is 0 Å². The molecule has 0 aliphatic carbocycles. The minimum absolute atomic E-state index is 0.0226. The van der Waals surface area contributed by atoms with Gasteiger partial charge in [-0.25, -0.2) is 0 Å². The first-order valence-electron chi connectivity index (χ1n) is 6.14. The zero-order valence-electron chi connectivity index (χ0n) is 11.0. The molecule has 2 unspecified atom stereocenters. The predicted molar refractivity (Wildman–Crippen MR) is 76.1 cm³/mol. The number of carbonyl (C=O) groups is 1. The Balaban J connectivity index is 2.40. The van der Waals surface area contributed by atoms with Crippen molar-refractivity contribution in [3.8, 4) is 0 Å². The Bertz CT molecular complexity index is 450. The van der Waals surface area contributed by atoms with Crippen molar-refractivity contribution in [1.29, 1.82) is 0 Å². The molecule has 1 aliphatic heterocycles. The zero-order chi connectivity index (χ0) is 13.5. The molecule has 98 valence electrons. The van der Waals surface area contributed by atoms with Crippen LogP contribution in [0.3, 0.4) is 0 Å². The molecule has 0 bridgehead atoms. The first-order chi connectivity index (χ1) is 8.30. The minimum Gasteiger partial charge on any atom is -0.329 e. The lowest BCUT2D eigenvalue weighted by atomic mass is 9.97. The Morgan fingerprint density at radius 3 is 2.33 bits per heavy atom. The second-order valence-corrected chi connectivity index (χ2v) is 6.71. The predicted octanol–water partition coefficient (Wildman–Crippen LogP) is 2.85. The number of nitrogens with two attached hydrogens (primary N) is 1. The summed E-state index contributed by atoms with van der Waals surface area (Å²) in [6.45, 7) is 6.15. The molecule has 0 saturated carbocycles. The minimum atomic E-state index is -0.205. The highest BCUT2D eigenvalue weighted by Gasteiger charge is 2.43. The van der Waals surface area contributed by atoms with Gasteiger partial charge in [0.05, 0.1) is 6.04 Å². The fourth-order valence-corrected chi connectivity index (χ4v) is 2.87. The number of nitrogens with zero attached hydrogens (tertiary/aromatic N) is 1. The van der Waals surface area contributed by atoms with Gasteiger partial charge < -0.3 is 10.6 Å². The summed E-state index contributed by atoms with van der Waals surface area (Å²) in [5.74, 6) is 0.142. The second kappa shape index (κ2) is 4.67. The summed E-state index contributed by atoms with van der Waals surface area (Å²) in [7, 11) is 0. The Labute approximate surface area is 116 Å². The Morgan fingerprint density at radius 1 is 1.28 bits per heavy atom. The van der Waals surface area contributed by atoms with Crippen LogP contribution in [0.25, 0.3) is 0 Å².